The summed E-state index contributed by atoms with van der Waals surface area (Å²) in [7, 11) is -3.86. The molecule has 0 unspecified atom stereocenters. The van der Waals surface area contributed by atoms with Crippen LogP contribution in [0.2, 0.25) is 0 Å². The standard InChI is InChI=1S/C28H26N2O2S/c1-3-4-10-22-19-29-27-24-13-8-9-14-25(24)30(28(27)26(22)21-11-6-5-7-12-21)33(31,32)23-17-15-20(2)16-18-23/h5-9,11-19H,3-4,10H2,1-2H3. The second-order valence-electron chi connectivity index (χ2n) is 8.42. The molecular weight excluding hydrogens is 428 g/mol. The third-order valence-corrected chi connectivity index (χ3v) is 7.86. The van der Waals surface area contributed by atoms with E-state index in [1.807, 2.05) is 79.9 Å². The van der Waals surface area contributed by atoms with Crippen molar-refractivity contribution in [3.05, 3.63) is 96.2 Å². The zero-order valence-electron chi connectivity index (χ0n) is 18.8. The number of hydrogen-bond acceptors (Lipinski definition) is 3. The van der Waals surface area contributed by atoms with Gasteiger partial charge in [-0.3, -0.25) is 4.98 Å². The van der Waals surface area contributed by atoms with Crippen molar-refractivity contribution < 1.29 is 8.42 Å². The van der Waals surface area contributed by atoms with Crippen molar-refractivity contribution >= 4 is 32.0 Å². The molecule has 0 saturated heterocycles. The van der Waals surface area contributed by atoms with E-state index in [9.17, 15) is 8.42 Å². The molecule has 0 aliphatic rings. The van der Waals surface area contributed by atoms with E-state index in [1.165, 1.54) is 3.97 Å². The summed E-state index contributed by atoms with van der Waals surface area (Å²) in [6.07, 6.45) is 4.83. The van der Waals surface area contributed by atoms with Crippen molar-refractivity contribution in [2.75, 3.05) is 0 Å². The number of pyridine rings is 1. The molecule has 2 heterocycles. The van der Waals surface area contributed by atoms with Gasteiger partial charge in [0.2, 0.25) is 0 Å². The molecule has 0 fully saturated rings. The first-order valence-corrected chi connectivity index (χ1v) is 12.7. The zero-order chi connectivity index (χ0) is 23.0. The zero-order valence-corrected chi connectivity index (χ0v) is 19.6. The Labute approximate surface area is 194 Å². The number of rotatable bonds is 6. The van der Waals surface area contributed by atoms with Gasteiger partial charge in [0, 0.05) is 17.1 Å². The Morgan fingerprint density at radius 3 is 2.30 bits per heavy atom. The van der Waals surface area contributed by atoms with Crippen LogP contribution < -0.4 is 0 Å². The van der Waals surface area contributed by atoms with Crippen molar-refractivity contribution in [2.24, 2.45) is 0 Å². The summed E-state index contributed by atoms with van der Waals surface area (Å²) in [6.45, 7) is 4.11. The summed E-state index contributed by atoms with van der Waals surface area (Å²) in [4.78, 5) is 5.08. The number of unbranched alkanes of at least 4 members (excludes halogenated alkanes) is 1. The molecule has 33 heavy (non-hydrogen) atoms. The van der Waals surface area contributed by atoms with Crippen molar-refractivity contribution in [2.45, 2.75) is 38.0 Å². The first-order valence-electron chi connectivity index (χ1n) is 11.3. The highest BCUT2D eigenvalue weighted by atomic mass is 32.2. The number of aromatic nitrogens is 2. The van der Waals surface area contributed by atoms with Gasteiger partial charge < -0.3 is 0 Å². The number of benzene rings is 3. The second-order valence-corrected chi connectivity index (χ2v) is 10.2. The van der Waals surface area contributed by atoms with E-state index in [1.54, 1.807) is 12.1 Å². The molecule has 0 aliphatic carbocycles. The fraction of sp³-hybridized carbons (Fsp3) is 0.179. The van der Waals surface area contributed by atoms with Crippen LogP contribution in [0.15, 0.2) is 90.0 Å². The van der Waals surface area contributed by atoms with Crippen LogP contribution in [0.3, 0.4) is 0 Å². The Balaban J connectivity index is 1.95. The highest BCUT2D eigenvalue weighted by molar-refractivity contribution is 7.90. The highest BCUT2D eigenvalue weighted by Crippen LogP contribution is 2.39. The molecule has 0 atom stereocenters. The van der Waals surface area contributed by atoms with Gasteiger partial charge >= 0.3 is 0 Å². The molecule has 5 heteroatoms. The minimum absolute atomic E-state index is 0.272. The van der Waals surface area contributed by atoms with E-state index < -0.39 is 10.0 Å². The minimum atomic E-state index is -3.86. The monoisotopic (exact) mass is 454 g/mol. The first-order chi connectivity index (χ1) is 16.0. The van der Waals surface area contributed by atoms with E-state index in [0.717, 1.165) is 46.9 Å². The van der Waals surface area contributed by atoms with Crippen molar-refractivity contribution in [1.82, 2.24) is 8.96 Å². The molecule has 0 bridgehead atoms. The topological polar surface area (TPSA) is 52.0 Å². The van der Waals surface area contributed by atoms with Crippen LogP contribution in [0.5, 0.6) is 0 Å². The lowest BCUT2D eigenvalue weighted by molar-refractivity contribution is 0.590. The summed E-state index contributed by atoms with van der Waals surface area (Å²) in [5.41, 5.74) is 6.03. The van der Waals surface area contributed by atoms with Gasteiger partial charge in [-0.05, 0) is 49.1 Å². The SMILES string of the molecule is CCCCc1cnc2c3ccccc3n(S(=O)(=O)c3ccc(C)cc3)c2c1-c1ccccc1. The number of fused-ring (bicyclic) bond motifs is 3. The predicted molar refractivity (Wildman–Crippen MR) is 135 cm³/mol. The maximum absolute atomic E-state index is 14.1. The lowest BCUT2D eigenvalue weighted by Gasteiger charge is -2.15. The third-order valence-electron chi connectivity index (χ3n) is 6.13. The Morgan fingerprint density at radius 2 is 1.58 bits per heavy atom. The smallest absolute Gasteiger partial charge is 0.254 e. The Morgan fingerprint density at radius 1 is 0.879 bits per heavy atom. The van der Waals surface area contributed by atoms with Crippen LogP contribution in [0.25, 0.3) is 33.1 Å². The Hall–Kier alpha value is -3.44. The average molecular weight is 455 g/mol. The van der Waals surface area contributed by atoms with Crippen LogP contribution in [0.1, 0.15) is 30.9 Å². The largest absolute Gasteiger partial charge is 0.268 e. The summed E-state index contributed by atoms with van der Waals surface area (Å²) in [5, 5.41) is 0.836. The predicted octanol–water partition coefficient (Wildman–Crippen LogP) is 6.74. The summed E-state index contributed by atoms with van der Waals surface area (Å²) < 4.78 is 29.7. The van der Waals surface area contributed by atoms with Crippen LogP contribution in [-0.2, 0) is 16.4 Å². The molecule has 4 nitrogen and oxygen atoms in total. The van der Waals surface area contributed by atoms with Gasteiger partial charge in [0.05, 0.1) is 21.4 Å². The van der Waals surface area contributed by atoms with Gasteiger partial charge in [0.15, 0.2) is 0 Å². The van der Waals surface area contributed by atoms with Crippen LogP contribution in [0, 0.1) is 6.92 Å². The van der Waals surface area contributed by atoms with Gasteiger partial charge in [-0.2, -0.15) is 0 Å². The maximum atomic E-state index is 14.1. The Bertz CT molecular complexity index is 1550. The molecule has 2 aromatic heterocycles. The van der Waals surface area contributed by atoms with E-state index in [2.05, 4.69) is 6.92 Å². The summed E-state index contributed by atoms with van der Waals surface area (Å²) >= 11 is 0. The first kappa shape index (κ1) is 21.4. The number of para-hydroxylation sites is 1. The molecular formula is C28H26N2O2S. The highest BCUT2D eigenvalue weighted by Gasteiger charge is 2.27. The fourth-order valence-electron chi connectivity index (χ4n) is 4.45. The van der Waals surface area contributed by atoms with Crippen LogP contribution in [0.4, 0.5) is 0 Å². The number of aryl methyl sites for hydroxylation is 2. The van der Waals surface area contributed by atoms with Crippen LogP contribution >= 0.6 is 0 Å². The van der Waals surface area contributed by atoms with Crippen molar-refractivity contribution in [3.8, 4) is 11.1 Å². The van der Waals surface area contributed by atoms with Gasteiger partial charge in [-0.25, -0.2) is 12.4 Å². The van der Waals surface area contributed by atoms with Gasteiger partial charge in [0.25, 0.3) is 10.0 Å². The Kier molecular flexibility index (Phi) is 5.51. The molecule has 0 aliphatic heterocycles. The molecule has 5 aromatic rings. The molecule has 0 amide bonds. The van der Waals surface area contributed by atoms with Gasteiger partial charge in [-0.15, -0.1) is 0 Å². The van der Waals surface area contributed by atoms with Gasteiger partial charge in [-0.1, -0.05) is 79.6 Å². The van der Waals surface area contributed by atoms with E-state index in [-0.39, 0.29) is 4.90 Å². The van der Waals surface area contributed by atoms with E-state index >= 15 is 0 Å². The molecule has 0 N–H and O–H groups in total. The number of hydrogen-bond donors (Lipinski definition) is 0. The lowest BCUT2D eigenvalue weighted by Crippen LogP contribution is -2.13. The maximum Gasteiger partial charge on any atom is 0.268 e. The fourth-order valence-corrected chi connectivity index (χ4v) is 5.98. The number of nitrogens with zero attached hydrogens (tertiary/aromatic N) is 2. The molecule has 0 radical (unpaired) electrons. The summed E-state index contributed by atoms with van der Waals surface area (Å²) in [6, 6.07) is 24.7. The third kappa shape index (κ3) is 3.62. The minimum Gasteiger partial charge on any atom is -0.254 e. The van der Waals surface area contributed by atoms with E-state index in [4.69, 9.17) is 4.98 Å². The van der Waals surface area contributed by atoms with Crippen molar-refractivity contribution in [1.29, 1.82) is 0 Å². The molecule has 5 rings (SSSR count). The second kappa shape index (κ2) is 8.49. The lowest BCUT2D eigenvalue weighted by atomic mass is 9.96. The van der Waals surface area contributed by atoms with Gasteiger partial charge in [0.1, 0.15) is 0 Å². The molecule has 3 aromatic carbocycles. The molecule has 0 spiro atoms. The average Bonchev–Trinajstić information content (AvgIpc) is 3.18. The molecule has 0 saturated carbocycles. The van der Waals surface area contributed by atoms with Crippen molar-refractivity contribution in [3.63, 3.8) is 0 Å². The normalized spacial score (nSPS) is 11.9. The quantitative estimate of drug-likeness (QED) is 0.285. The summed E-state index contributed by atoms with van der Waals surface area (Å²) in [5.74, 6) is 0. The van der Waals surface area contributed by atoms with E-state index in [0.29, 0.717) is 16.6 Å². The molecule has 166 valence electrons. The van der Waals surface area contributed by atoms with Crippen LogP contribution in [-0.4, -0.2) is 17.4 Å².